The van der Waals surface area contributed by atoms with Crippen molar-refractivity contribution >= 4 is 28.0 Å². The molecule has 0 saturated heterocycles. The molecule has 0 aliphatic rings. The van der Waals surface area contributed by atoms with Crippen molar-refractivity contribution < 1.29 is 4.39 Å². The zero-order valence-electron chi connectivity index (χ0n) is 13.4. The lowest BCUT2D eigenvalue weighted by Crippen LogP contribution is -2.11. The van der Waals surface area contributed by atoms with Crippen molar-refractivity contribution in [1.29, 1.82) is 5.53 Å². The van der Waals surface area contributed by atoms with Crippen molar-refractivity contribution in [2.24, 2.45) is 5.11 Å². The Bertz CT molecular complexity index is 1010. The van der Waals surface area contributed by atoms with Gasteiger partial charge in [-0.15, -0.1) is 0 Å². The molecule has 0 unspecified atom stereocenters. The number of aromatic nitrogens is 1. The van der Waals surface area contributed by atoms with Crippen molar-refractivity contribution in [2.45, 2.75) is 0 Å². The molecule has 25 heavy (non-hydrogen) atoms. The lowest BCUT2D eigenvalue weighted by atomic mass is 10.1. The molecule has 7 heteroatoms. The van der Waals surface area contributed by atoms with Gasteiger partial charge in [0.15, 0.2) is 0 Å². The van der Waals surface area contributed by atoms with E-state index in [0.29, 0.717) is 10.9 Å². The highest BCUT2D eigenvalue weighted by Crippen LogP contribution is 2.19. The zero-order chi connectivity index (χ0) is 17.8. The summed E-state index contributed by atoms with van der Waals surface area (Å²) in [5.74, 6) is -0.401. The van der Waals surface area contributed by atoms with Gasteiger partial charge in [-0.2, -0.15) is 5.11 Å². The lowest BCUT2D eigenvalue weighted by molar-refractivity contribution is 0.629. The standard InChI is InChI=1S/C18H16FN5O/c1-21-13-3-5-14(6-4-13)22-10-17(24-20)15-9-11-8-12(19)2-7-16(11)23-18(15)25/h2-10,20-22H,1H3,(H,23,25)/b17-10-,24-20?. The Labute approximate surface area is 142 Å². The number of fused-ring (bicyclic) bond motifs is 1. The van der Waals surface area contributed by atoms with E-state index in [4.69, 9.17) is 5.53 Å². The van der Waals surface area contributed by atoms with Gasteiger partial charge in [-0.05, 0) is 48.5 Å². The fourth-order valence-corrected chi connectivity index (χ4v) is 2.42. The lowest BCUT2D eigenvalue weighted by Gasteiger charge is -2.06. The van der Waals surface area contributed by atoms with Gasteiger partial charge in [0.2, 0.25) is 0 Å². The summed E-state index contributed by atoms with van der Waals surface area (Å²) in [7, 11) is 1.83. The molecule has 4 N–H and O–H groups in total. The third-order valence-corrected chi connectivity index (χ3v) is 3.75. The van der Waals surface area contributed by atoms with E-state index >= 15 is 0 Å². The smallest absolute Gasteiger partial charge is 0.258 e. The zero-order valence-corrected chi connectivity index (χ0v) is 13.4. The van der Waals surface area contributed by atoms with Crippen LogP contribution in [0.5, 0.6) is 0 Å². The summed E-state index contributed by atoms with van der Waals surface area (Å²) in [6, 6.07) is 13.1. The first kappa shape index (κ1) is 16.4. The summed E-state index contributed by atoms with van der Waals surface area (Å²) in [6.07, 6.45) is 1.47. The first-order valence-electron chi connectivity index (χ1n) is 7.55. The Morgan fingerprint density at radius 2 is 1.88 bits per heavy atom. The molecule has 2 aromatic carbocycles. The molecule has 3 rings (SSSR count). The maximum absolute atomic E-state index is 13.4. The van der Waals surface area contributed by atoms with E-state index in [1.54, 1.807) is 0 Å². The highest BCUT2D eigenvalue weighted by Gasteiger charge is 2.09. The minimum absolute atomic E-state index is 0.144. The molecule has 0 saturated carbocycles. The topological polar surface area (TPSA) is 93.1 Å². The number of rotatable bonds is 5. The minimum atomic E-state index is -0.401. The van der Waals surface area contributed by atoms with E-state index in [9.17, 15) is 9.18 Å². The molecule has 0 fully saturated rings. The number of nitrogens with one attached hydrogen (secondary N) is 4. The van der Waals surface area contributed by atoms with Gasteiger partial charge in [0.05, 0.1) is 5.56 Å². The first-order valence-corrected chi connectivity index (χ1v) is 7.55. The van der Waals surface area contributed by atoms with Gasteiger partial charge < -0.3 is 15.6 Å². The largest absolute Gasteiger partial charge is 0.388 e. The number of hydrogen-bond acceptors (Lipinski definition) is 5. The van der Waals surface area contributed by atoms with Crippen LogP contribution in [0.15, 0.2) is 64.6 Å². The van der Waals surface area contributed by atoms with Gasteiger partial charge in [0.25, 0.3) is 5.56 Å². The normalized spacial score (nSPS) is 11.4. The summed E-state index contributed by atoms with van der Waals surface area (Å²) in [5.41, 5.74) is 9.56. The molecule has 0 amide bonds. The second-order valence-corrected chi connectivity index (χ2v) is 5.36. The van der Waals surface area contributed by atoms with E-state index in [1.807, 2.05) is 31.3 Å². The maximum Gasteiger partial charge on any atom is 0.258 e. The number of anilines is 2. The minimum Gasteiger partial charge on any atom is -0.388 e. The molecule has 126 valence electrons. The molecule has 0 radical (unpaired) electrons. The van der Waals surface area contributed by atoms with Crippen LogP contribution in [0, 0.1) is 11.3 Å². The molecular formula is C18H16FN5O. The molecule has 0 aliphatic carbocycles. The van der Waals surface area contributed by atoms with Crippen LogP contribution >= 0.6 is 0 Å². The van der Waals surface area contributed by atoms with Crippen molar-refractivity contribution in [1.82, 2.24) is 4.98 Å². The SMILES string of the molecule is CNc1ccc(N/C=C(\N=N)c2cc3cc(F)ccc3[nH]c2=O)cc1. The summed E-state index contributed by atoms with van der Waals surface area (Å²) < 4.78 is 13.4. The average molecular weight is 337 g/mol. The van der Waals surface area contributed by atoms with Gasteiger partial charge in [0.1, 0.15) is 11.5 Å². The van der Waals surface area contributed by atoms with Gasteiger partial charge in [-0.3, -0.25) is 4.79 Å². The second-order valence-electron chi connectivity index (χ2n) is 5.36. The van der Waals surface area contributed by atoms with Gasteiger partial charge >= 0.3 is 0 Å². The fourth-order valence-electron chi connectivity index (χ4n) is 2.42. The second kappa shape index (κ2) is 6.96. The van der Waals surface area contributed by atoms with Crippen LogP contribution in [0.25, 0.3) is 16.6 Å². The molecule has 1 aromatic heterocycles. The summed E-state index contributed by atoms with van der Waals surface area (Å²) >= 11 is 0. The van der Waals surface area contributed by atoms with Crippen LogP contribution < -0.4 is 16.2 Å². The Kier molecular flexibility index (Phi) is 4.56. The highest BCUT2D eigenvalue weighted by atomic mass is 19.1. The Balaban J connectivity index is 1.96. The van der Waals surface area contributed by atoms with Crippen LogP contribution in [-0.4, -0.2) is 12.0 Å². The number of H-pyrrole nitrogens is 1. The predicted molar refractivity (Wildman–Crippen MR) is 97.3 cm³/mol. The van der Waals surface area contributed by atoms with Crippen LogP contribution in [0.4, 0.5) is 15.8 Å². The monoisotopic (exact) mass is 337 g/mol. The molecule has 6 nitrogen and oxygen atoms in total. The first-order chi connectivity index (χ1) is 12.1. The van der Waals surface area contributed by atoms with E-state index in [-0.39, 0.29) is 11.3 Å². The number of halogens is 1. The Morgan fingerprint density at radius 3 is 2.56 bits per heavy atom. The third kappa shape index (κ3) is 3.55. The van der Waals surface area contributed by atoms with Crippen molar-refractivity contribution in [3.05, 3.63) is 76.5 Å². The predicted octanol–water partition coefficient (Wildman–Crippen LogP) is 4.15. The van der Waals surface area contributed by atoms with Crippen LogP contribution in [0.3, 0.4) is 0 Å². The van der Waals surface area contributed by atoms with E-state index < -0.39 is 11.4 Å². The van der Waals surface area contributed by atoms with Gasteiger partial charge in [-0.25, -0.2) is 9.92 Å². The molecular weight excluding hydrogens is 321 g/mol. The number of nitrogens with zero attached hydrogens (tertiary/aromatic N) is 1. The molecule has 0 bridgehead atoms. The van der Waals surface area contributed by atoms with Crippen LogP contribution in [0.1, 0.15) is 5.56 Å². The summed E-state index contributed by atoms with van der Waals surface area (Å²) in [5, 5.41) is 9.97. The van der Waals surface area contributed by atoms with E-state index in [2.05, 4.69) is 20.7 Å². The van der Waals surface area contributed by atoms with E-state index in [1.165, 1.54) is 30.5 Å². The quantitative estimate of drug-likeness (QED) is 0.527. The Hall–Kier alpha value is -3.48. The van der Waals surface area contributed by atoms with Gasteiger partial charge in [0, 0.05) is 35.5 Å². The summed E-state index contributed by atoms with van der Waals surface area (Å²) in [4.78, 5) is 14.9. The third-order valence-electron chi connectivity index (χ3n) is 3.75. The average Bonchev–Trinajstić information content (AvgIpc) is 2.63. The Morgan fingerprint density at radius 1 is 1.16 bits per heavy atom. The van der Waals surface area contributed by atoms with Crippen LogP contribution in [0.2, 0.25) is 0 Å². The number of pyridine rings is 1. The number of hydrogen-bond donors (Lipinski definition) is 4. The fraction of sp³-hybridized carbons (Fsp3) is 0.0556. The maximum atomic E-state index is 13.4. The van der Waals surface area contributed by atoms with Crippen molar-refractivity contribution in [2.75, 3.05) is 17.7 Å². The molecule has 0 atom stereocenters. The van der Waals surface area contributed by atoms with Crippen molar-refractivity contribution in [3.63, 3.8) is 0 Å². The summed E-state index contributed by atoms with van der Waals surface area (Å²) in [6.45, 7) is 0. The van der Waals surface area contributed by atoms with Gasteiger partial charge in [-0.1, -0.05) is 0 Å². The number of benzene rings is 2. The van der Waals surface area contributed by atoms with Crippen molar-refractivity contribution in [3.8, 4) is 0 Å². The molecule has 0 spiro atoms. The molecule has 3 aromatic rings. The highest BCUT2D eigenvalue weighted by molar-refractivity contribution is 5.82. The number of aromatic amines is 1. The molecule has 0 aliphatic heterocycles. The van der Waals surface area contributed by atoms with E-state index in [0.717, 1.165) is 11.4 Å². The van der Waals surface area contributed by atoms with Crippen LogP contribution in [-0.2, 0) is 0 Å². The molecule has 1 heterocycles.